The lowest BCUT2D eigenvalue weighted by molar-refractivity contribution is 1.26. The molecule has 0 radical (unpaired) electrons. The van der Waals surface area contributed by atoms with Crippen LogP contribution in [0.4, 0.5) is 0 Å². The summed E-state index contributed by atoms with van der Waals surface area (Å²) in [5, 5.41) is 0. The molecule has 0 aliphatic heterocycles. The van der Waals surface area contributed by atoms with Crippen molar-refractivity contribution in [2.24, 2.45) is 0 Å². The van der Waals surface area contributed by atoms with Gasteiger partial charge in [-0.15, -0.1) is 0 Å². The van der Waals surface area contributed by atoms with Crippen molar-refractivity contribution in [3.8, 4) is 22.3 Å². The van der Waals surface area contributed by atoms with E-state index in [-0.39, 0.29) is 35.8 Å². The summed E-state index contributed by atoms with van der Waals surface area (Å²) in [6.07, 6.45) is 0.846. The fourth-order valence-electron chi connectivity index (χ4n) is 2.69. The molecule has 4 rings (SSSR count). The van der Waals surface area contributed by atoms with E-state index in [0.717, 1.165) is 22.0 Å². The van der Waals surface area contributed by atoms with Gasteiger partial charge in [-0.2, -0.15) is 0 Å². The molecule has 1 heteroatoms. The quantitative estimate of drug-likeness (QED) is 0.422. The largest absolute Gasteiger partial charge is 0.0629 e. The molecule has 3 aromatic carbocycles. The Labute approximate surface area is 134 Å². The van der Waals surface area contributed by atoms with Crippen LogP contribution in [0.25, 0.3) is 22.3 Å². The van der Waals surface area contributed by atoms with Gasteiger partial charge in [-0.3, -0.25) is 0 Å². The van der Waals surface area contributed by atoms with Gasteiger partial charge in [0.2, 0.25) is 0 Å². The van der Waals surface area contributed by atoms with E-state index in [4.69, 9.17) is 6.85 Å². The van der Waals surface area contributed by atoms with Crippen molar-refractivity contribution in [1.29, 1.82) is 0 Å². The third kappa shape index (κ3) is 1.90. The number of halogens is 1. The summed E-state index contributed by atoms with van der Waals surface area (Å²) < 4.78 is 40.8. The molecule has 20 heavy (non-hydrogen) atoms. The lowest BCUT2D eigenvalue weighted by atomic mass is 9.99. The van der Waals surface area contributed by atoms with E-state index in [1.807, 2.05) is 24.3 Å². The second-order valence-corrected chi connectivity index (χ2v) is 5.77. The summed E-state index contributed by atoms with van der Waals surface area (Å²) in [7, 11) is 0. The molecule has 0 N–H and O–H groups in total. The predicted octanol–water partition coefficient (Wildman–Crippen LogP) is 5.69. The molecule has 0 nitrogen and oxygen atoms in total. The Morgan fingerprint density at radius 2 is 1.50 bits per heavy atom. The van der Waals surface area contributed by atoms with Gasteiger partial charge in [-0.1, -0.05) is 64.3 Å². The minimum absolute atomic E-state index is 0.168. The molecule has 0 heterocycles. The zero-order chi connectivity index (χ0) is 17.9. The first-order chi connectivity index (χ1) is 11.9. The van der Waals surface area contributed by atoms with Gasteiger partial charge in [0.15, 0.2) is 0 Å². The molecule has 0 saturated carbocycles. The van der Waals surface area contributed by atoms with Crippen LogP contribution in [0.3, 0.4) is 0 Å². The Morgan fingerprint density at radius 3 is 2.30 bits per heavy atom. The van der Waals surface area contributed by atoms with Gasteiger partial charge in [0.05, 0.1) is 6.85 Å². The average molecular weight is 326 g/mol. The van der Waals surface area contributed by atoms with Gasteiger partial charge in [0.1, 0.15) is 0 Å². The normalized spacial score (nSPS) is 15.6. The van der Waals surface area contributed by atoms with Crippen molar-refractivity contribution in [2.45, 2.75) is 6.42 Å². The van der Waals surface area contributed by atoms with E-state index >= 15 is 0 Å². The van der Waals surface area contributed by atoms with Gasteiger partial charge < -0.3 is 0 Å². The van der Waals surface area contributed by atoms with E-state index in [1.54, 1.807) is 0 Å². The molecule has 0 spiro atoms. The minimum Gasteiger partial charge on any atom is -0.0622 e. The van der Waals surface area contributed by atoms with Crippen LogP contribution in [-0.4, -0.2) is 0 Å². The minimum atomic E-state index is -0.366. The standard InChI is InChI=1S/C19H13Br/c20-17-9-8-16-10-15-7-6-14(11-18(15)19(16)12-17)13-4-2-1-3-5-13/h1-9,11-12H,10H2/i1D,2D,3D,4D,5D. The summed E-state index contributed by atoms with van der Waals surface area (Å²) in [5.41, 5.74) is 5.49. The highest BCUT2D eigenvalue weighted by Crippen LogP contribution is 2.40. The second-order valence-electron chi connectivity index (χ2n) is 4.85. The van der Waals surface area contributed by atoms with Crippen molar-refractivity contribution in [2.75, 3.05) is 0 Å². The zero-order valence-corrected chi connectivity index (χ0v) is 12.1. The van der Waals surface area contributed by atoms with Gasteiger partial charge in [0.25, 0.3) is 0 Å². The Balaban J connectivity index is 1.96. The molecule has 0 atom stereocenters. The van der Waals surface area contributed by atoms with E-state index < -0.39 is 0 Å². The van der Waals surface area contributed by atoms with Crippen molar-refractivity contribution >= 4 is 15.9 Å². The van der Waals surface area contributed by atoms with Crippen LogP contribution in [-0.2, 0) is 6.42 Å². The third-order valence-corrected chi connectivity index (χ3v) is 4.13. The number of hydrogen-bond donors (Lipinski definition) is 0. The summed E-state index contributed by atoms with van der Waals surface area (Å²) >= 11 is 3.50. The van der Waals surface area contributed by atoms with Crippen molar-refractivity contribution in [1.82, 2.24) is 0 Å². The third-order valence-electron chi connectivity index (χ3n) is 3.64. The molecule has 3 aromatic rings. The van der Waals surface area contributed by atoms with Crippen molar-refractivity contribution < 1.29 is 6.85 Å². The topological polar surface area (TPSA) is 0 Å². The molecule has 0 unspecified atom stereocenters. The molecule has 1 aliphatic rings. The first-order valence-corrected chi connectivity index (χ1v) is 7.17. The van der Waals surface area contributed by atoms with Crippen LogP contribution < -0.4 is 0 Å². The number of hydrogen-bond acceptors (Lipinski definition) is 0. The lowest BCUT2D eigenvalue weighted by Crippen LogP contribution is -1.82. The summed E-state index contributed by atoms with van der Waals surface area (Å²) in [6, 6.07) is 10.6. The van der Waals surface area contributed by atoms with E-state index in [9.17, 15) is 0 Å². The molecular weight excluding hydrogens is 308 g/mol. The summed E-state index contributed by atoms with van der Waals surface area (Å²) in [5.74, 6) is 0. The van der Waals surface area contributed by atoms with E-state index in [0.29, 0.717) is 5.56 Å². The smallest absolute Gasteiger partial charge is 0.0622 e. The molecule has 0 bridgehead atoms. The first kappa shape index (κ1) is 7.80. The zero-order valence-electron chi connectivity index (χ0n) is 15.5. The van der Waals surface area contributed by atoms with Crippen molar-refractivity contribution in [3.05, 3.63) is 82.2 Å². The highest BCUT2D eigenvalue weighted by molar-refractivity contribution is 9.10. The van der Waals surface area contributed by atoms with Gasteiger partial charge in [0, 0.05) is 4.47 Å². The highest BCUT2D eigenvalue weighted by atomic mass is 79.9. The molecule has 1 aliphatic carbocycles. The summed E-state index contributed by atoms with van der Waals surface area (Å²) in [6.45, 7) is 0. The average Bonchev–Trinajstić information content (AvgIpc) is 2.96. The van der Waals surface area contributed by atoms with Crippen molar-refractivity contribution in [3.63, 3.8) is 0 Å². The number of fused-ring (bicyclic) bond motifs is 3. The Hall–Kier alpha value is -1.86. The molecular formula is C19H13Br. The molecule has 0 amide bonds. The highest BCUT2D eigenvalue weighted by Gasteiger charge is 2.18. The maximum atomic E-state index is 8.17. The Morgan fingerprint density at radius 1 is 0.800 bits per heavy atom. The van der Waals surface area contributed by atoms with E-state index in [1.165, 1.54) is 11.1 Å². The second kappa shape index (κ2) is 4.60. The monoisotopic (exact) mass is 325 g/mol. The fourth-order valence-corrected chi connectivity index (χ4v) is 3.05. The Kier molecular flexibility index (Phi) is 1.80. The number of benzene rings is 3. The molecule has 0 aromatic heterocycles. The Bertz CT molecular complexity index is 1010. The summed E-state index contributed by atoms with van der Waals surface area (Å²) in [4.78, 5) is 0. The van der Waals surface area contributed by atoms with Gasteiger partial charge >= 0.3 is 0 Å². The SMILES string of the molecule is [2H]c1c([2H])c([2H])c(-c2ccc3c(c2)-c2cc(Br)ccc2C3)c([2H])c1[2H]. The van der Waals surface area contributed by atoms with Crippen LogP contribution in [0, 0.1) is 0 Å². The maximum Gasteiger partial charge on any atom is 0.0629 e. The molecule has 0 saturated heterocycles. The van der Waals surface area contributed by atoms with Crippen LogP contribution in [0.5, 0.6) is 0 Å². The predicted molar refractivity (Wildman–Crippen MR) is 87.8 cm³/mol. The van der Waals surface area contributed by atoms with Crippen LogP contribution in [0.15, 0.2) is 71.1 Å². The maximum absolute atomic E-state index is 8.17. The van der Waals surface area contributed by atoms with Gasteiger partial charge in [-0.05, 0) is 58.0 Å². The lowest BCUT2D eigenvalue weighted by Gasteiger charge is -2.06. The van der Waals surface area contributed by atoms with Crippen LogP contribution in [0.1, 0.15) is 18.0 Å². The number of rotatable bonds is 1. The first-order valence-electron chi connectivity index (χ1n) is 8.87. The van der Waals surface area contributed by atoms with Crippen LogP contribution in [0.2, 0.25) is 0 Å². The van der Waals surface area contributed by atoms with Crippen LogP contribution >= 0.6 is 15.9 Å². The van der Waals surface area contributed by atoms with Gasteiger partial charge in [-0.25, -0.2) is 0 Å². The van der Waals surface area contributed by atoms with E-state index in [2.05, 4.69) is 28.1 Å². The molecule has 0 fully saturated rings. The fraction of sp³-hybridized carbons (Fsp3) is 0.0526. The molecule has 96 valence electrons.